The van der Waals surface area contributed by atoms with Crippen LogP contribution in [0.4, 0.5) is 5.95 Å². The molecule has 0 spiro atoms. The van der Waals surface area contributed by atoms with Crippen molar-refractivity contribution in [3.05, 3.63) is 78.4 Å². The molecule has 0 saturated carbocycles. The second-order valence-corrected chi connectivity index (χ2v) is 6.00. The summed E-state index contributed by atoms with van der Waals surface area (Å²) in [5, 5.41) is 12.1. The summed E-state index contributed by atoms with van der Waals surface area (Å²) < 4.78 is 1.96. The van der Waals surface area contributed by atoms with Crippen molar-refractivity contribution < 1.29 is 9.90 Å². The smallest absolute Gasteiger partial charge is 0.276 e. The highest BCUT2D eigenvalue weighted by Crippen LogP contribution is 2.21. The van der Waals surface area contributed by atoms with Gasteiger partial charge in [0.2, 0.25) is 5.95 Å². The number of aromatic nitrogens is 4. The summed E-state index contributed by atoms with van der Waals surface area (Å²) in [6.07, 6.45) is 3.71. The van der Waals surface area contributed by atoms with E-state index in [1.807, 2.05) is 47.0 Å². The van der Waals surface area contributed by atoms with Crippen molar-refractivity contribution in [3.8, 4) is 5.75 Å². The molecule has 134 valence electrons. The van der Waals surface area contributed by atoms with Gasteiger partial charge in [-0.3, -0.25) is 15.1 Å². The average Bonchev–Trinajstić information content (AvgIpc) is 3.04. The zero-order valence-electron chi connectivity index (χ0n) is 14.4. The highest BCUT2D eigenvalue weighted by atomic mass is 16.3. The third-order valence-corrected chi connectivity index (χ3v) is 4.18. The number of amides is 1. The zero-order valence-corrected chi connectivity index (χ0v) is 14.4. The maximum atomic E-state index is 12.5. The fourth-order valence-electron chi connectivity index (χ4n) is 2.86. The molecule has 0 atom stereocenters. The number of fused-ring (bicyclic) bond motifs is 1. The van der Waals surface area contributed by atoms with Crippen molar-refractivity contribution in [2.75, 3.05) is 5.32 Å². The fraction of sp³-hybridized carbons (Fsp3) is 0.100. The molecule has 1 amide bonds. The second-order valence-electron chi connectivity index (χ2n) is 6.00. The minimum absolute atomic E-state index is 0.00847. The van der Waals surface area contributed by atoms with Gasteiger partial charge in [0.05, 0.1) is 17.2 Å². The van der Waals surface area contributed by atoms with E-state index in [-0.39, 0.29) is 17.4 Å². The van der Waals surface area contributed by atoms with Crippen molar-refractivity contribution in [3.63, 3.8) is 0 Å². The normalized spacial score (nSPS) is 10.8. The number of carbonyl (C=O) groups is 1. The number of aryl methyl sites for hydroxylation is 2. The lowest BCUT2D eigenvalue weighted by molar-refractivity contribution is 0.102. The molecule has 0 aliphatic rings. The number of aromatic hydroxyl groups is 1. The number of hydrogen-bond acceptors (Lipinski definition) is 5. The molecule has 0 aliphatic heterocycles. The first-order chi connectivity index (χ1) is 13.2. The molecule has 0 unspecified atom stereocenters. The first kappa shape index (κ1) is 16.7. The van der Waals surface area contributed by atoms with E-state index in [0.29, 0.717) is 18.9 Å². The number of imidazole rings is 1. The number of para-hydroxylation sites is 2. The van der Waals surface area contributed by atoms with Crippen LogP contribution in [0.25, 0.3) is 11.0 Å². The Morgan fingerprint density at radius 1 is 1.04 bits per heavy atom. The molecular weight excluding hydrogens is 342 g/mol. The molecule has 4 aromatic rings. The van der Waals surface area contributed by atoms with Gasteiger partial charge in [0.25, 0.3) is 5.91 Å². The molecule has 0 saturated heterocycles. The van der Waals surface area contributed by atoms with Crippen LogP contribution in [-0.2, 0) is 13.0 Å². The SMILES string of the molecule is O=C(Nc1nc2ccccc2n1CCc1ccccn1)c1ccc(O)cn1. The van der Waals surface area contributed by atoms with Crippen LogP contribution in [0.15, 0.2) is 67.0 Å². The van der Waals surface area contributed by atoms with Gasteiger partial charge in [-0.1, -0.05) is 18.2 Å². The number of rotatable bonds is 5. The number of hydrogen-bond donors (Lipinski definition) is 2. The van der Waals surface area contributed by atoms with E-state index in [1.54, 1.807) is 6.20 Å². The Balaban J connectivity index is 1.63. The topological polar surface area (TPSA) is 92.9 Å². The van der Waals surface area contributed by atoms with Gasteiger partial charge in [-0.15, -0.1) is 0 Å². The Morgan fingerprint density at radius 3 is 2.67 bits per heavy atom. The molecule has 1 aromatic carbocycles. The van der Waals surface area contributed by atoms with Crippen molar-refractivity contribution in [1.82, 2.24) is 19.5 Å². The zero-order chi connectivity index (χ0) is 18.6. The Kier molecular flexibility index (Phi) is 4.49. The van der Waals surface area contributed by atoms with E-state index in [9.17, 15) is 9.90 Å². The van der Waals surface area contributed by atoms with Gasteiger partial charge in [-0.25, -0.2) is 9.97 Å². The van der Waals surface area contributed by atoms with E-state index in [0.717, 1.165) is 16.7 Å². The number of nitrogens with zero attached hydrogens (tertiary/aromatic N) is 4. The third-order valence-electron chi connectivity index (χ3n) is 4.18. The highest BCUT2D eigenvalue weighted by Gasteiger charge is 2.15. The van der Waals surface area contributed by atoms with E-state index < -0.39 is 0 Å². The Morgan fingerprint density at radius 2 is 1.89 bits per heavy atom. The first-order valence-corrected chi connectivity index (χ1v) is 8.52. The predicted octanol–water partition coefficient (Wildman–Crippen LogP) is 3.03. The van der Waals surface area contributed by atoms with Gasteiger partial charge in [-0.2, -0.15) is 0 Å². The van der Waals surface area contributed by atoms with Gasteiger partial charge in [-0.05, 0) is 36.4 Å². The number of anilines is 1. The van der Waals surface area contributed by atoms with Crippen LogP contribution >= 0.6 is 0 Å². The van der Waals surface area contributed by atoms with Gasteiger partial charge < -0.3 is 9.67 Å². The standard InChI is InChI=1S/C20H17N5O2/c26-15-8-9-17(22-13-15)19(27)24-20-23-16-6-1-2-7-18(16)25(20)12-10-14-5-3-4-11-21-14/h1-9,11,13,26H,10,12H2,(H,23,24,27). The number of carbonyl (C=O) groups excluding carboxylic acids is 1. The van der Waals surface area contributed by atoms with Crippen LogP contribution < -0.4 is 5.32 Å². The minimum atomic E-state index is -0.385. The van der Waals surface area contributed by atoms with Crippen molar-refractivity contribution >= 4 is 22.9 Å². The molecule has 27 heavy (non-hydrogen) atoms. The molecule has 3 aromatic heterocycles. The molecule has 0 aliphatic carbocycles. The lowest BCUT2D eigenvalue weighted by Crippen LogP contribution is -2.17. The van der Waals surface area contributed by atoms with E-state index in [1.165, 1.54) is 18.3 Å². The quantitative estimate of drug-likeness (QED) is 0.571. The molecular formula is C20H17N5O2. The van der Waals surface area contributed by atoms with Crippen LogP contribution in [0.5, 0.6) is 5.75 Å². The molecule has 0 radical (unpaired) electrons. The van der Waals surface area contributed by atoms with Crippen molar-refractivity contribution in [2.24, 2.45) is 0 Å². The molecule has 3 heterocycles. The van der Waals surface area contributed by atoms with E-state index in [2.05, 4.69) is 20.3 Å². The van der Waals surface area contributed by atoms with Gasteiger partial charge >= 0.3 is 0 Å². The van der Waals surface area contributed by atoms with Gasteiger partial charge in [0, 0.05) is 24.9 Å². The summed E-state index contributed by atoms with van der Waals surface area (Å²) in [5.41, 5.74) is 2.90. The van der Waals surface area contributed by atoms with Crippen LogP contribution in [0.3, 0.4) is 0 Å². The highest BCUT2D eigenvalue weighted by molar-refractivity contribution is 6.02. The maximum Gasteiger partial charge on any atom is 0.276 e. The summed E-state index contributed by atoms with van der Waals surface area (Å²) >= 11 is 0. The second kappa shape index (κ2) is 7.25. The van der Waals surface area contributed by atoms with Gasteiger partial charge in [0.15, 0.2) is 0 Å². The van der Waals surface area contributed by atoms with Crippen LogP contribution in [0.1, 0.15) is 16.2 Å². The summed E-state index contributed by atoms with van der Waals surface area (Å²) in [4.78, 5) is 25.3. The van der Waals surface area contributed by atoms with Crippen LogP contribution in [0, 0.1) is 0 Å². The molecule has 7 heteroatoms. The number of nitrogens with one attached hydrogen (secondary N) is 1. The summed E-state index contributed by atoms with van der Waals surface area (Å²) in [6.45, 7) is 0.621. The lowest BCUT2D eigenvalue weighted by atomic mass is 10.2. The lowest BCUT2D eigenvalue weighted by Gasteiger charge is -2.10. The van der Waals surface area contributed by atoms with Crippen LogP contribution in [0.2, 0.25) is 0 Å². The molecule has 0 bridgehead atoms. The van der Waals surface area contributed by atoms with Crippen LogP contribution in [-0.4, -0.2) is 30.5 Å². The summed E-state index contributed by atoms with van der Waals surface area (Å²) in [5.74, 6) is 0.0746. The van der Waals surface area contributed by atoms with Gasteiger partial charge in [0.1, 0.15) is 11.4 Å². The molecule has 4 rings (SSSR count). The Labute approximate surface area is 155 Å². The van der Waals surface area contributed by atoms with E-state index >= 15 is 0 Å². The fourth-order valence-corrected chi connectivity index (χ4v) is 2.86. The monoisotopic (exact) mass is 359 g/mol. The number of pyridine rings is 2. The molecule has 7 nitrogen and oxygen atoms in total. The summed E-state index contributed by atoms with van der Waals surface area (Å²) in [6, 6.07) is 16.4. The van der Waals surface area contributed by atoms with Crippen molar-refractivity contribution in [1.29, 1.82) is 0 Å². The molecule has 0 fully saturated rings. The van der Waals surface area contributed by atoms with E-state index in [4.69, 9.17) is 0 Å². The maximum absolute atomic E-state index is 12.5. The first-order valence-electron chi connectivity index (χ1n) is 8.52. The Bertz CT molecular complexity index is 1070. The van der Waals surface area contributed by atoms with Crippen molar-refractivity contribution in [2.45, 2.75) is 13.0 Å². The average molecular weight is 359 g/mol. The number of benzene rings is 1. The minimum Gasteiger partial charge on any atom is -0.506 e. The Hall–Kier alpha value is -3.74. The largest absolute Gasteiger partial charge is 0.506 e. The molecule has 2 N–H and O–H groups in total. The summed E-state index contributed by atoms with van der Waals surface area (Å²) in [7, 11) is 0. The predicted molar refractivity (Wildman–Crippen MR) is 102 cm³/mol. The third kappa shape index (κ3) is 3.62.